The molecule has 0 aliphatic rings. The minimum atomic E-state index is -0.511. The van der Waals surface area contributed by atoms with Gasteiger partial charge in [0.1, 0.15) is 5.82 Å². The molecular formula is C20H16FN5O. The van der Waals surface area contributed by atoms with Crippen molar-refractivity contribution in [1.82, 2.24) is 20.0 Å². The summed E-state index contributed by atoms with van der Waals surface area (Å²) >= 11 is 0. The molecule has 0 saturated heterocycles. The lowest BCUT2D eigenvalue weighted by Crippen LogP contribution is -2.12. The topological polar surface area (TPSA) is 72.7 Å². The number of hydrogen-bond acceptors (Lipinski definition) is 4. The van der Waals surface area contributed by atoms with Gasteiger partial charge >= 0.3 is 0 Å². The number of halogens is 1. The number of hydrogen-bond donors (Lipinski definition) is 1. The van der Waals surface area contributed by atoms with Gasteiger partial charge < -0.3 is 5.32 Å². The van der Waals surface area contributed by atoms with Gasteiger partial charge in [-0.2, -0.15) is 15.3 Å². The van der Waals surface area contributed by atoms with Gasteiger partial charge in [-0.3, -0.25) is 9.48 Å². The molecule has 0 fully saturated rings. The van der Waals surface area contributed by atoms with Gasteiger partial charge in [-0.1, -0.05) is 0 Å². The Morgan fingerprint density at radius 2 is 1.93 bits per heavy atom. The van der Waals surface area contributed by atoms with Gasteiger partial charge in [-0.25, -0.2) is 4.39 Å². The number of nitrogens with zero attached hydrogens (tertiary/aromatic N) is 4. The number of aromatic nitrogens is 4. The number of anilines is 1. The quantitative estimate of drug-likeness (QED) is 0.603. The number of aryl methyl sites for hydroxylation is 2. The number of nitrogens with one attached hydrogen (secondary N) is 1. The van der Waals surface area contributed by atoms with E-state index in [1.807, 2.05) is 26.1 Å². The summed E-state index contributed by atoms with van der Waals surface area (Å²) < 4.78 is 15.8. The SMILES string of the molecule is Cc1ccc(-c2cc(F)cc(C(=O)Nc3ccc4c(cnn4C)c3)c2)nn1. The second-order valence-electron chi connectivity index (χ2n) is 6.28. The Balaban J connectivity index is 1.63. The van der Waals surface area contributed by atoms with Crippen LogP contribution in [-0.4, -0.2) is 25.9 Å². The van der Waals surface area contributed by atoms with E-state index in [2.05, 4.69) is 20.6 Å². The van der Waals surface area contributed by atoms with Gasteiger partial charge in [-0.05, 0) is 55.5 Å². The highest BCUT2D eigenvalue weighted by molar-refractivity contribution is 6.05. The highest BCUT2D eigenvalue weighted by Crippen LogP contribution is 2.22. The van der Waals surface area contributed by atoms with E-state index in [-0.39, 0.29) is 5.56 Å². The van der Waals surface area contributed by atoms with Crippen LogP contribution in [0.3, 0.4) is 0 Å². The number of benzene rings is 2. The van der Waals surface area contributed by atoms with Crippen LogP contribution >= 0.6 is 0 Å². The third-order valence-corrected chi connectivity index (χ3v) is 4.26. The van der Waals surface area contributed by atoms with Gasteiger partial charge in [0.05, 0.1) is 23.1 Å². The average molecular weight is 361 g/mol. The van der Waals surface area contributed by atoms with Crippen molar-refractivity contribution in [3.8, 4) is 11.3 Å². The van der Waals surface area contributed by atoms with Crippen LogP contribution in [0.2, 0.25) is 0 Å². The van der Waals surface area contributed by atoms with Gasteiger partial charge in [0, 0.05) is 29.2 Å². The molecule has 0 saturated carbocycles. The molecule has 2 aromatic carbocycles. The Morgan fingerprint density at radius 3 is 2.70 bits per heavy atom. The number of rotatable bonds is 3. The molecule has 2 aromatic heterocycles. The summed E-state index contributed by atoms with van der Waals surface area (Å²) in [7, 11) is 1.85. The highest BCUT2D eigenvalue weighted by atomic mass is 19.1. The van der Waals surface area contributed by atoms with Crippen molar-refractivity contribution in [1.29, 1.82) is 0 Å². The molecule has 7 heteroatoms. The zero-order chi connectivity index (χ0) is 19.0. The minimum absolute atomic E-state index is 0.207. The molecule has 4 aromatic rings. The second kappa shape index (κ2) is 6.60. The summed E-state index contributed by atoms with van der Waals surface area (Å²) in [4.78, 5) is 12.6. The molecule has 2 heterocycles. The number of carbonyl (C=O) groups is 1. The van der Waals surface area contributed by atoms with E-state index in [4.69, 9.17) is 0 Å². The summed E-state index contributed by atoms with van der Waals surface area (Å²) in [6.07, 6.45) is 1.72. The molecule has 27 heavy (non-hydrogen) atoms. The molecule has 1 N–H and O–H groups in total. The van der Waals surface area contributed by atoms with Crippen LogP contribution < -0.4 is 5.32 Å². The van der Waals surface area contributed by atoms with Crippen molar-refractivity contribution in [2.75, 3.05) is 5.32 Å². The first-order valence-corrected chi connectivity index (χ1v) is 8.34. The predicted molar refractivity (Wildman–Crippen MR) is 101 cm³/mol. The Bertz CT molecular complexity index is 1150. The Morgan fingerprint density at radius 1 is 1.07 bits per heavy atom. The van der Waals surface area contributed by atoms with E-state index in [1.165, 1.54) is 12.1 Å². The van der Waals surface area contributed by atoms with E-state index in [0.717, 1.165) is 16.6 Å². The summed E-state index contributed by atoms with van der Waals surface area (Å²) in [5, 5.41) is 15.9. The van der Waals surface area contributed by atoms with Gasteiger partial charge in [0.25, 0.3) is 5.91 Å². The van der Waals surface area contributed by atoms with Crippen LogP contribution in [-0.2, 0) is 7.05 Å². The van der Waals surface area contributed by atoms with Crippen molar-refractivity contribution >= 4 is 22.5 Å². The highest BCUT2D eigenvalue weighted by Gasteiger charge is 2.12. The van der Waals surface area contributed by atoms with Gasteiger partial charge in [-0.15, -0.1) is 0 Å². The molecule has 0 aliphatic heterocycles. The fraction of sp³-hybridized carbons (Fsp3) is 0.100. The lowest BCUT2D eigenvalue weighted by atomic mass is 10.1. The normalized spacial score (nSPS) is 10.9. The van der Waals surface area contributed by atoms with E-state index in [9.17, 15) is 9.18 Å². The van der Waals surface area contributed by atoms with Crippen LogP contribution in [0.1, 0.15) is 16.1 Å². The fourth-order valence-corrected chi connectivity index (χ4v) is 2.87. The van der Waals surface area contributed by atoms with Crippen molar-refractivity contribution in [2.24, 2.45) is 7.05 Å². The van der Waals surface area contributed by atoms with Crippen LogP contribution in [0.4, 0.5) is 10.1 Å². The Kier molecular flexibility index (Phi) is 4.12. The number of carbonyl (C=O) groups excluding carboxylic acids is 1. The van der Waals surface area contributed by atoms with Gasteiger partial charge in [0.2, 0.25) is 0 Å². The zero-order valence-corrected chi connectivity index (χ0v) is 14.8. The van der Waals surface area contributed by atoms with Crippen molar-refractivity contribution in [3.63, 3.8) is 0 Å². The van der Waals surface area contributed by atoms with Gasteiger partial charge in [0.15, 0.2) is 0 Å². The zero-order valence-electron chi connectivity index (χ0n) is 14.8. The summed E-state index contributed by atoms with van der Waals surface area (Å²) in [6, 6.07) is 13.1. The maximum absolute atomic E-state index is 14.1. The summed E-state index contributed by atoms with van der Waals surface area (Å²) in [5.41, 5.74) is 3.54. The van der Waals surface area contributed by atoms with Crippen LogP contribution in [0.15, 0.2) is 54.7 Å². The first-order valence-electron chi connectivity index (χ1n) is 8.34. The maximum atomic E-state index is 14.1. The molecular weight excluding hydrogens is 345 g/mol. The van der Waals surface area contributed by atoms with Crippen molar-refractivity contribution < 1.29 is 9.18 Å². The Labute approximate surface area is 154 Å². The number of fused-ring (bicyclic) bond motifs is 1. The van der Waals surface area contributed by atoms with E-state index in [1.54, 1.807) is 35.1 Å². The van der Waals surface area contributed by atoms with E-state index < -0.39 is 11.7 Å². The number of amides is 1. The lowest BCUT2D eigenvalue weighted by Gasteiger charge is -2.08. The van der Waals surface area contributed by atoms with Crippen molar-refractivity contribution in [3.05, 3.63) is 71.8 Å². The first-order chi connectivity index (χ1) is 13.0. The largest absolute Gasteiger partial charge is 0.322 e. The second-order valence-corrected chi connectivity index (χ2v) is 6.28. The minimum Gasteiger partial charge on any atom is -0.322 e. The van der Waals surface area contributed by atoms with Crippen molar-refractivity contribution in [2.45, 2.75) is 6.92 Å². The molecule has 6 nitrogen and oxygen atoms in total. The van der Waals surface area contributed by atoms with Crippen LogP contribution in [0.5, 0.6) is 0 Å². The smallest absolute Gasteiger partial charge is 0.255 e. The van der Waals surface area contributed by atoms with Crippen LogP contribution in [0, 0.1) is 12.7 Å². The third-order valence-electron chi connectivity index (χ3n) is 4.26. The first kappa shape index (κ1) is 16.8. The fourth-order valence-electron chi connectivity index (χ4n) is 2.87. The molecule has 4 rings (SSSR count). The summed E-state index contributed by atoms with van der Waals surface area (Å²) in [5.74, 6) is -0.915. The molecule has 0 radical (unpaired) electrons. The molecule has 134 valence electrons. The van der Waals surface area contributed by atoms with E-state index >= 15 is 0 Å². The monoisotopic (exact) mass is 361 g/mol. The molecule has 0 atom stereocenters. The third kappa shape index (κ3) is 3.39. The molecule has 0 bridgehead atoms. The standard InChI is InChI=1S/C20H16FN5O/c1-12-3-5-18(25-24-12)13-7-14(9-16(21)8-13)20(27)23-17-4-6-19-15(10-17)11-22-26(19)2/h3-11H,1-2H3,(H,23,27). The average Bonchev–Trinajstić information content (AvgIpc) is 3.02. The summed E-state index contributed by atoms with van der Waals surface area (Å²) in [6.45, 7) is 1.82. The predicted octanol–water partition coefficient (Wildman–Crippen LogP) is 3.73. The molecule has 1 amide bonds. The Hall–Kier alpha value is -3.61. The lowest BCUT2D eigenvalue weighted by molar-refractivity contribution is 0.102. The van der Waals surface area contributed by atoms with E-state index in [0.29, 0.717) is 16.9 Å². The maximum Gasteiger partial charge on any atom is 0.255 e. The molecule has 0 unspecified atom stereocenters. The van der Waals surface area contributed by atoms with Crippen LogP contribution in [0.25, 0.3) is 22.2 Å². The molecule has 0 spiro atoms. The molecule has 0 aliphatic carbocycles.